The quantitative estimate of drug-likeness (QED) is 0.305. The van der Waals surface area contributed by atoms with Gasteiger partial charge in [0.1, 0.15) is 17.7 Å². The second-order valence-electron chi connectivity index (χ2n) is 9.44. The molecule has 5 heteroatoms. The maximum Gasteiger partial charge on any atom is 0.126 e. The molecule has 0 bridgehead atoms. The van der Waals surface area contributed by atoms with E-state index >= 15 is 0 Å². The molecule has 1 aromatic carbocycles. The molecule has 0 saturated heterocycles. The van der Waals surface area contributed by atoms with Gasteiger partial charge in [-0.05, 0) is 43.4 Å². The monoisotopic (exact) mass is 450 g/mol. The van der Waals surface area contributed by atoms with Crippen LogP contribution in [0.2, 0.25) is 0 Å². The number of aliphatic hydroxyl groups excluding tert-OH is 2. The lowest BCUT2D eigenvalue weighted by Gasteiger charge is -2.18. The standard InChI is InChI=1S/C28H38N2O3/c1-2-3-4-12-21(31)15-16-22-24(32)19-25-27(22)23-13-9-11-20(28(23)33-25)10-5-7-17-29-26-14-6-8-18-30-26/h6,8-9,11,13-16,18,21-22,24-25,27,31-32H,2-5,7,10,12,17,19H2,1H3,(H,29,30)/t21-,22-,24+,25-,27-/m0/s1. The molecule has 1 aliphatic heterocycles. The van der Waals surface area contributed by atoms with E-state index in [1.54, 1.807) is 6.20 Å². The van der Waals surface area contributed by atoms with Crippen LogP contribution in [0.5, 0.6) is 5.75 Å². The fourth-order valence-corrected chi connectivity index (χ4v) is 5.25. The summed E-state index contributed by atoms with van der Waals surface area (Å²) >= 11 is 0. The number of para-hydroxylation sites is 1. The number of aromatic nitrogens is 1. The number of rotatable bonds is 12. The third-order valence-electron chi connectivity index (χ3n) is 6.99. The van der Waals surface area contributed by atoms with Gasteiger partial charge in [-0.15, -0.1) is 0 Å². The SMILES string of the molecule is CCCCC[C@H](O)C=C[C@@H]1[C@H]2c3cccc(CCCCNc4ccccn4)c3O[C@H]2C[C@H]1O. The number of fused-ring (bicyclic) bond motifs is 3. The Morgan fingerprint density at radius 2 is 2.06 bits per heavy atom. The minimum Gasteiger partial charge on any atom is -0.489 e. The van der Waals surface area contributed by atoms with Crippen molar-refractivity contribution in [2.75, 3.05) is 11.9 Å². The number of benzene rings is 1. The van der Waals surface area contributed by atoms with Crippen molar-refractivity contribution in [1.29, 1.82) is 0 Å². The van der Waals surface area contributed by atoms with Crippen LogP contribution in [0.1, 0.15) is 68.9 Å². The van der Waals surface area contributed by atoms with Crippen LogP contribution in [0.25, 0.3) is 0 Å². The molecule has 1 fully saturated rings. The smallest absolute Gasteiger partial charge is 0.126 e. The second kappa shape index (κ2) is 11.7. The highest BCUT2D eigenvalue weighted by molar-refractivity contribution is 5.49. The van der Waals surface area contributed by atoms with Gasteiger partial charge < -0.3 is 20.3 Å². The Hall–Kier alpha value is -2.37. The topological polar surface area (TPSA) is 74.6 Å². The number of unbranched alkanes of at least 4 members (excludes halogenated alkanes) is 3. The first-order valence-corrected chi connectivity index (χ1v) is 12.6. The molecule has 33 heavy (non-hydrogen) atoms. The zero-order valence-electron chi connectivity index (χ0n) is 19.7. The fourth-order valence-electron chi connectivity index (χ4n) is 5.25. The van der Waals surface area contributed by atoms with E-state index in [1.165, 1.54) is 11.1 Å². The summed E-state index contributed by atoms with van der Waals surface area (Å²) in [6, 6.07) is 12.3. The number of aryl methyl sites for hydroxylation is 1. The number of ether oxygens (including phenoxy) is 1. The van der Waals surface area contributed by atoms with Gasteiger partial charge in [-0.2, -0.15) is 0 Å². The lowest BCUT2D eigenvalue weighted by molar-refractivity contribution is 0.135. The summed E-state index contributed by atoms with van der Waals surface area (Å²) in [7, 11) is 0. The van der Waals surface area contributed by atoms with Gasteiger partial charge in [-0.1, -0.05) is 62.6 Å². The first-order chi connectivity index (χ1) is 16.2. The normalized spacial score (nSPS) is 24.5. The molecule has 1 aliphatic carbocycles. The Morgan fingerprint density at radius 3 is 2.88 bits per heavy atom. The average molecular weight is 451 g/mol. The van der Waals surface area contributed by atoms with Crippen molar-refractivity contribution in [3.63, 3.8) is 0 Å². The van der Waals surface area contributed by atoms with Crippen molar-refractivity contribution in [2.45, 2.75) is 82.5 Å². The summed E-state index contributed by atoms with van der Waals surface area (Å²) in [5, 5.41) is 24.4. The van der Waals surface area contributed by atoms with Gasteiger partial charge >= 0.3 is 0 Å². The first kappa shape index (κ1) is 23.8. The Bertz CT molecular complexity index is 901. The molecule has 178 valence electrons. The van der Waals surface area contributed by atoms with Gasteiger partial charge in [0.25, 0.3) is 0 Å². The minimum atomic E-state index is -0.435. The number of hydrogen-bond donors (Lipinski definition) is 3. The lowest BCUT2D eigenvalue weighted by atomic mass is 9.86. The molecule has 0 amide bonds. The highest BCUT2D eigenvalue weighted by Crippen LogP contribution is 2.52. The Morgan fingerprint density at radius 1 is 1.15 bits per heavy atom. The van der Waals surface area contributed by atoms with Crippen LogP contribution in [-0.2, 0) is 6.42 Å². The summed E-state index contributed by atoms with van der Waals surface area (Å²) in [5.41, 5.74) is 2.48. The number of anilines is 1. The number of hydrogen-bond acceptors (Lipinski definition) is 5. The molecule has 1 aromatic heterocycles. The first-order valence-electron chi connectivity index (χ1n) is 12.6. The van der Waals surface area contributed by atoms with E-state index in [4.69, 9.17) is 4.74 Å². The van der Waals surface area contributed by atoms with Crippen LogP contribution >= 0.6 is 0 Å². The van der Waals surface area contributed by atoms with E-state index < -0.39 is 12.2 Å². The van der Waals surface area contributed by atoms with E-state index in [0.29, 0.717) is 6.42 Å². The van der Waals surface area contributed by atoms with Crippen molar-refractivity contribution < 1.29 is 14.9 Å². The third kappa shape index (κ3) is 5.96. The van der Waals surface area contributed by atoms with E-state index in [9.17, 15) is 10.2 Å². The van der Waals surface area contributed by atoms with Crippen LogP contribution in [0.3, 0.4) is 0 Å². The van der Waals surface area contributed by atoms with Gasteiger partial charge in [0.2, 0.25) is 0 Å². The van der Waals surface area contributed by atoms with Gasteiger partial charge in [-0.25, -0.2) is 4.98 Å². The van der Waals surface area contributed by atoms with Crippen LogP contribution in [0.15, 0.2) is 54.7 Å². The maximum atomic E-state index is 10.7. The molecule has 4 rings (SSSR count). The second-order valence-corrected chi connectivity index (χ2v) is 9.44. The summed E-state index contributed by atoms with van der Waals surface area (Å²) in [6.07, 6.45) is 12.8. The molecular formula is C28H38N2O3. The van der Waals surface area contributed by atoms with E-state index in [0.717, 1.165) is 63.1 Å². The molecule has 2 heterocycles. The average Bonchev–Trinajstić information content (AvgIpc) is 3.33. The van der Waals surface area contributed by atoms with Crippen LogP contribution < -0.4 is 10.1 Å². The molecule has 0 radical (unpaired) electrons. The van der Waals surface area contributed by atoms with Gasteiger partial charge in [0.05, 0.1) is 12.2 Å². The van der Waals surface area contributed by atoms with Crippen molar-refractivity contribution in [2.24, 2.45) is 5.92 Å². The number of pyridine rings is 1. The van der Waals surface area contributed by atoms with Gasteiger partial charge in [0, 0.05) is 36.6 Å². The van der Waals surface area contributed by atoms with Gasteiger partial charge in [-0.3, -0.25) is 0 Å². The predicted octanol–water partition coefficient (Wildman–Crippen LogP) is 5.24. The Labute approximate surface area is 197 Å². The Kier molecular flexibility index (Phi) is 8.40. The zero-order chi connectivity index (χ0) is 23.0. The minimum absolute atomic E-state index is 0.00472. The maximum absolute atomic E-state index is 10.7. The molecule has 0 spiro atoms. The largest absolute Gasteiger partial charge is 0.489 e. The van der Waals surface area contributed by atoms with Crippen molar-refractivity contribution in [1.82, 2.24) is 4.98 Å². The van der Waals surface area contributed by atoms with E-state index in [2.05, 4.69) is 35.4 Å². The van der Waals surface area contributed by atoms with Crippen LogP contribution in [-0.4, -0.2) is 40.1 Å². The Balaban J connectivity index is 1.34. The molecule has 2 aromatic rings. The molecule has 0 unspecified atom stereocenters. The summed E-state index contributed by atoms with van der Waals surface area (Å²) in [4.78, 5) is 4.30. The highest BCUT2D eigenvalue weighted by Gasteiger charge is 2.48. The number of nitrogens with zero attached hydrogens (tertiary/aromatic N) is 1. The summed E-state index contributed by atoms with van der Waals surface area (Å²) < 4.78 is 6.39. The van der Waals surface area contributed by atoms with Crippen LogP contribution in [0, 0.1) is 5.92 Å². The molecule has 2 aliphatic rings. The zero-order valence-corrected chi connectivity index (χ0v) is 19.7. The molecule has 5 nitrogen and oxygen atoms in total. The predicted molar refractivity (Wildman–Crippen MR) is 133 cm³/mol. The fraction of sp³-hybridized carbons (Fsp3) is 0.536. The lowest BCUT2D eigenvalue weighted by Crippen LogP contribution is -2.17. The molecular weight excluding hydrogens is 412 g/mol. The third-order valence-corrected chi connectivity index (χ3v) is 6.99. The van der Waals surface area contributed by atoms with Gasteiger partial charge in [0.15, 0.2) is 0 Å². The number of aliphatic hydroxyl groups is 2. The summed E-state index contributed by atoms with van der Waals surface area (Å²) in [6.45, 7) is 3.07. The highest BCUT2D eigenvalue weighted by atomic mass is 16.5. The summed E-state index contributed by atoms with van der Waals surface area (Å²) in [5.74, 6) is 2.11. The molecule has 3 N–H and O–H groups in total. The number of nitrogens with one attached hydrogen (secondary N) is 1. The van der Waals surface area contributed by atoms with E-state index in [-0.39, 0.29) is 17.9 Å². The van der Waals surface area contributed by atoms with Crippen molar-refractivity contribution in [3.05, 3.63) is 65.9 Å². The molecule has 1 saturated carbocycles. The van der Waals surface area contributed by atoms with E-state index in [1.807, 2.05) is 30.4 Å². The van der Waals surface area contributed by atoms with Crippen molar-refractivity contribution in [3.8, 4) is 5.75 Å². The van der Waals surface area contributed by atoms with Crippen LogP contribution in [0.4, 0.5) is 5.82 Å². The van der Waals surface area contributed by atoms with Crippen molar-refractivity contribution >= 4 is 5.82 Å². The molecule has 5 atom stereocenters.